The Hall–Kier alpha value is -2.14. The highest BCUT2D eigenvalue weighted by Gasteiger charge is 2.17. The topological polar surface area (TPSA) is 77.0 Å². The monoisotopic (exact) mass is 298 g/mol. The van der Waals surface area contributed by atoms with Crippen LogP contribution in [0.15, 0.2) is 54.7 Å². The molecular weight excluding hydrogens is 284 g/mol. The summed E-state index contributed by atoms with van der Waals surface area (Å²) < 4.78 is 0. The molecule has 0 amide bonds. The zero-order valence-corrected chi connectivity index (χ0v) is 12.0. The van der Waals surface area contributed by atoms with E-state index in [0.717, 1.165) is 16.5 Å². The van der Waals surface area contributed by atoms with Crippen molar-refractivity contribution in [3.05, 3.63) is 70.9 Å². The number of rotatable bonds is 3. The van der Waals surface area contributed by atoms with E-state index in [1.54, 1.807) is 6.07 Å². The lowest BCUT2D eigenvalue weighted by atomic mass is 9.97. The van der Waals surface area contributed by atoms with Gasteiger partial charge in [-0.25, -0.2) is 10.4 Å². The Kier molecular flexibility index (Phi) is 3.75. The number of hydrogen-bond donors (Lipinski definition) is 3. The number of aromatic nitrogens is 1. The molecular formula is C16H15ClN4. The number of benzene rings is 2. The Bertz CT molecular complexity index is 788. The molecule has 5 heteroatoms. The Morgan fingerprint density at radius 2 is 1.81 bits per heavy atom. The maximum absolute atomic E-state index is 6.01. The van der Waals surface area contributed by atoms with E-state index < -0.39 is 0 Å². The van der Waals surface area contributed by atoms with Gasteiger partial charge in [-0.15, -0.1) is 0 Å². The molecule has 0 radical (unpaired) electrons. The second kappa shape index (κ2) is 5.69. The number of fused-ring (bicyclic) bond motifs is 1. The van der Waals surface area contributed by atoms with Crippen LogP contribution in [0.1, 0.15) is 17.2 Å². The Labute approximate surface area is 127 Å². The second-order valence-electron chi connectivity index (χ2n) is 4.83. The molecule has 5 N–H and O–H groups in total. The van der Waals surface area contributed by atoms with E-state index in [-0.39, 0.29) is 6.04 Å². The number of pyridine rings is 1. The summed E-state index contributed by atoms with van der Waals surface area (Å²) in [6.45, 7) is 0. The van der Waals surface area contributed by atoms with Crippen molar-refractivity contribution in [3.8, 4) is 0 Å². The van der Waals surface area contributed by atoms with E-state index >= 15 is 0 Å². The van der Waals surface area contributed by atoms with Crippen LogP contribution in [0, 0.1) is 0 Å². The molecule has 1 aromatic heterocycles. The molecule has 1 heterocycles. The molecule has 3 rings (SSSR count). The van der Waals surface area contributed by atoms with Crippen molar-refractivity contribution in [2.75, 3.05) is 5.73 Å². The molecule has 0 bridgehead atoms. The van der Waals surface area contributed by atoms with Gasteiger partial charge in [0, 0.05) is 11.8 Å². The maximum atomic E-state index is 6.01. The average molecular weight is 299 g/mol. The van der Waals surface area contributed by atoms with Crippen molar-refractivity contribution in [2.45, 2.75) is 6.04 Å². The lowest BCUT2D eigenvalue weighted by molar-refractivity contribution is 0.637. The van der Waals surface area contributed by atoms with Crippen LogP contribution < -0.4 is 17.0 Å². The number of halogens is 1. The van der Waals surface area contributed by atoms with Gasteiger partial charge >= 0.3 is 0 Å². The third kappa shape index (κ3) is 2.69. The Balaban J connectivity index is 2.11. The number of nitrogen functional groups attached to an aromatic ring is 1. The molecule has 0 aliphatic carbocycles. The third-order valence-corrected chi connectivity index (χ3v) is 3.71. The Morgan fingerprint density at radius 3 is 2.57 bits per heavy atom. The van der Waals surface area contributed by atoms with Crippen molar-refractivity contribution < 1.29 is 0 Å². The lowest BCUT2D eigenvalue weighted by Crippen LogP contribution is -2.29. The van der Waals surface area contributed by atoms with Crippen LogP contribution >= 0.6 is 11.6 Å². The van der Waals surface area contributed by atoms with Crippen LogP contribution in [0.5, 0.6) is 0 Å². The van der Waals surface area contributed by atoms with Crippen LogP contribution in [0.4, 0.5) is 5.82 Å². The molecule has 1 unspecified atom stereocenters. The van der Waals surface area contributed by atoms with Gasteiger partial charge in [-0.05, 0) is 28.5 Å². The molecule has 4 nitrogen and oxygen atoms in total. The summed E-state index contributed by atoms with van der Waals surface area (Å²) in [7, 11) is 0. The molecule has 0 aliphatic rings. The van der Waals surface area contributed by atoms with Gasteiger partial charge in [0.1, 0.15) is 5.82 Å². The molecule has 2 aromatic carbocycles. The van der Waals surface area contributed by atoms with Gasteiger partial charge in [0.05, 0.1) is 11.1 Å². The number of nitrogens with zero attached hydrogens (tertiary/aromatic N) is 1. The fraction of sp³-hybridized carbons (Fsp3) is 0.0625. The minimum atomic E-state index is -0.263. The average Bonchev–Trinajstić information content (AvgIpc) is 2.51. The standard InChI is InChI=1S/C16H15ClN4/c17-13-8-14(16(18)20-9-13)15(21-19)12-6-5-10-3-1-2-4-11(10)7-12/h1-9,15,21H,19H2,(H2,18,20). The normalized spacial score (nSPS) is 12.5. The van der Waals surface area contributed by atoms with Crippen LogP contribution in [0.2, 0.25) is 5.02 Å². The highest BCUT2D eigenvalue weighted by Crippen LogP contribution is 2.29. The van der Waals surface area contributed by atoms with E-state index in [1.807, 2.05) is 18.2 Å². The first-order valence-electron chi connectivity index (χ1n) is 6.55. The first kappa shape index (κ1) is 13.8. The van der Waals surface area contributed by atoms with Gasteiger partial charge in [0.15, 0.2) is 0 Å². The van der Waals surface area contributed by atoms with Crippen molar-refractivity contribution in [2.24, 2.45) is 5.84 Å². The lowest BCUT2D eigenvalue weighted by Gasteiger charge is -2.19. The smallest absolute Gasteiger partial charge is 0.128 e. The minimum absolute atomic E-state index is 0.263. The van der Waals surface area contributed by atoms with Gasteiger partial charge in [-0.3, -0.25) is 5.84 Å². The van der Waals surface area contributed by atoms with Crippen LogP contribution in [0.25, 0.3) is 10.8 Å². The highest BCUT2D eigenvalue weighted by atomic mass is 35.5. The van der Waals surface area contributed by atoms with Crippen LogP contribution in [-0.2, 0) is 0 Å². The van der Waals surface area contributed by atoms with Crippen molar-refractivity contribution >= 4 is 28.2 Å². The predicted molar refractivity (Wildman–Crippen MR) is 86.8 cm³/mol. The largest absolute Gasteiger partial charge is 0.383 e. The second-order valence-corrected chi connectivity index (χ2v) is 5.27. The molecule has 1 atom stereocenters. The van der Waals surface area contributed by atoms with E-state index in [4.69, 9.17) is 23.2 Å². The van der Waals surface area contributed by atoms with E-state index in [0.29, 0.717) is 10.8 Å². The first-order chi connectivity index (χ1) is 10.2. The molecule has 21 heavy (non-hydrogen) atoms. The zero-order valence-electron chi connectivity index (χ0n) is 11.3. The van der Waals surface area contributed by atoms with E-state index in [2.05, 4.69) is 34.7 Å². The molecule has 106 valence electrons. The van der Waals surface area contributed by atoms with E-state index in [9.17, 15) is 0 Å². The quantitative estimate of drug-likeness (QED) is 0.513. The summed E-state index contributed by atoms with van der Waals surface area (Å²) in [5.41, 5.74) is 10.5. The van der Waals surface area contributed by atoms with Crippen LogP contribution in [-0.4, -0.2) is 4.98 Å². The highest BCUT2D eigenvalue weighted by molar-refractivity contribution is 6.30. The zero-order chi connectivity index (χ0) is 14.8. The Morgan fingerprint density at radius 1 is 1.05 bits per heavy atom. The number of nitrogens with two attached hydrogens (primary N) is 2. The number of hydrogen-bond acceptors (Lipinski definition) is 4. The van der Waals surface area contributed by atoms with Gasteiger partial charge in [-0.1, -0.05) is 48.0 Å². The van der Waals surface area contributed by atoms with E-state index in [1.165, 1.54) is 11.6 Å². The fourth-order valence-electron chi connectivity index (χ4n) is 2.45. The van der Waals surface area contributed by atoms with Gasteiger partial charge in [0.2, 0.25) is 0 Å². The van der Waals surface area contributed by atoms with Crippen molar-refractivity contribution in [1.82, 2.24) is 10.4 Å². The predicted octanol–water partition coefficient (Wildman–Crippen LogP) is 3.02. The molecule has 0 spiro atoms. The SMILES string of the molecule is NNC(c1ccc2ccccc2c1)c1cc(Cl)cnc1N. The van der Waals surface area contributed by atoms with Gasteiger partial charge in [-0.2, -0.15) is 0 Å². The van der Waals surface area contributed by atoms with Gasteiger partial charge in [0.25, 0.3) is 0 Å². The first-order valence-corrected chi connectivity index (χ1v) is 6.92. The summed E-state index contributed by atoms with van der Waals surface area (Å²) >= 11 is 6.01. The molecule has 0 saturated carbocycles. The summed E-state index contributed by atoms with van der Waals surface area (Å²) in [4.78, 5) is 4.09. The molecule has 0 aliphatic heterocycles. The molecule has 3 aromatic rings. The minimum Gasteiger partial charge on any atom is -0.383 e. The summed E-state index contributed by atoms with van der Waals surface area (Å²) in [5, 5.41) is 2.85. The summed E-state index contributed by atoms with van der Waals surface area (Å²) in [5.74, 6) is 6.14. The molecule has 0 fully saturated rings. The van der Waals surface area contributed by atoms with Gasteiger partial charge < -0.3 is 5.73 Å². The van der Waals surface area contributed by atoms with Crippen molar-refractivity contribution in [3.63, 3.8) is 0 Å². The summed E-state index contributed by atoms with van der Waals surface area (Å²) in [6, 6.07) is 15.8. The number of hydrazine groups is 1. The van der Waals surface area contributed by atoms with Crippen molar-refractivity contribution in [1.29, 1.82) is 0 Å². The number of anilines is 1. The third-order valence-electron chi connectivity index (χ3n) is 3.50. The maximum Gasteiger partial charge on any atom is 0.128 e. The number of nitrogens with one attached hydrogen (secondary N) is 1. The fourth-order valence-corrected chi connectivity index (χ4v) is 2.62. The summed E-state index contributed by atoms with van der Waals surface area (Å²) in [6.07, 6.45) is 1.52. The van der Waals surface area contributed by atoms with Crippen LogP contribution in [0.3, 0.4) is 0 Å². The molecule has 0 saturated heterocycles.